The fraction of sp³-hybridized carbons (Fsp3) is 0. The minimum atomic E-state index is -0.0224. The molecule has 4 heteroatoms. The lowest BCUT2D eigenvalue weighted by atomic mass is 10.2. The van der Waals surface area contributed by atoms with Crippen LogP contribution in [0, 0.1) is 0 Å². The number of hydrogen-bond acceptors (Lipinski definition) is 2. The minimum Gasteiger partial charge on any atom is -0.260 e. The van der Waals surface area contributed by atoms with Gasteiger partial charge >= 0.3 is 0 Å². The van der Waals surface area contributed by atoms with Crippen molar-refractivity contribution in [2.24, 2.45) is 0 Å². The van der Waals surface area contributed by atoms with E-state index in [0.717, 1.165) is 10.0 Å². The van der Waals surface area contributed by atoms with Gasteiger partial charge in [-0.2, -0.15) is 0 Å². The van der Waals surface area contributed by atoms with Crippen LogP contribution < -0.4 is 0 Å². The minimum absolute atomic E-state index is 0.00974. The fourth-order valence-corrected chi connectivity index (χ4v) is 1.54. The quantitative estimate of drug-likeness (QED) is 0.802. The zero-order valence-corrected chi connectivity index (χ0v) is 10.1. The van der Waals surface area contributed by atoms with Crippen LogP contribution in [0.3, 0.4) is 0 Å². The van der Waals surface area contributed by atoms with Crippen LogP contribution in [-0.4, -0.2) is 9.97 Å². The Hall–Kier alpha value is -0.740. The van der Waals surface area contributed by atoms with Gasteiger partial charge in [0.05, 0.1) is 20.8 Å². The molecule has 0 saturated heterocycles. The van der Waals surface area contributed by atoms with Gasteiger partial charge in [0, 0.05) is 10.0 Å². The molecule has 1 aromatic heterocycles. The molecule has 0 bridgehead atoms. The van der Waals surface area contributed by atoms with Gasteiger partial charge in [-0.1, -0.05) is 28.1 Å². The van der Waals surface area contributed by atoms with E-state index < -0.39 is 0 Å². The molecule has 14 heavy (non-hydrogen) atoms. The lowest BCUT2D eigenvalue weighted by molar-refractivity contribution is 1.17. The van der Waals surface area contributed by atoms with Crippen molar-refractivity contribution in [2.75, 3.05) is 0 Å². The molecule has 0 radical (unpaired) electrons. The second-order valence-electron chi connectivity index (χ2n) is 2.59. The highest BCUT2D eigenvalue weighted by molar-refractivity contribution is 9.10. The number of aromatic nitrogens is 2. The Labute approximate surface area is 101 Å². The molecule has 0 unspecified atom stereocenters. The van der Waals surface area contributed by atoms with Crippen LogP contribution in [0.25, 0.3) is 11.3 Å². The van der Waals surface area contributed by atoms with E-state index in [4.69, 9.17) is 2.74 Å². The molecule has 0 aliphatic heterocycles. The molecule has 2 rings (SSSR count). The first kappa shape index (κ1) is 7.54. The maximum Gasteiger partial charge on any atom is 0.125 e. The van der Waals surface area contributed by atoms with Crippen molar-refractivity contribution in [2.45, 2.75) is 0 Å². The van der Waals surface area contributed by atoms with Crippen molar-refractivity contribution in [3.05, 3.63) is 45.7 Å². The number of hydrogen-bond donors (Lipinski definition) is 0. The summed E-state index contributed by atoms with van der Waals surface area (Å²) in [6.07, 6.45) is -0.0126. The number of halogens is 2. The van der Waals surface area contributed by atoms with Crippen LogP contribution in [0.15, 0.2) is 45.7 Å². The number of rotatable bonds is 1. The summed E-state index contributed by atoms with van der Waals surface area (Å²) in [6.45, 7) is 0. The van der Waals surface area contributed by atoms with E-state index in [1.165, 1.54) is 0 Å². The molecule has 0 fully saturated rings. The van der Waals surface area contributed by atoms with Crippen molar-refractivity contribution in [1.82, 2.24) is 9.97 Å². The Kier molecular flexibility index (Phi) is 2.26. The molecule has 2 nitrogen and oxygen atoms in total. The van der Waals surface area contributed by atoms with E-state index >= 15 is 0 Å². The predicted octanol–water partition coefficient (Wildman–Crippen LogP) is 3.67. The summed E-state index contributed by atoms with van der Waals surface area (Å²) in [6, 6.07) is 7.45. The van der Waals surface area contributed by atoms with E-state index in [0.29, 0.717) is 10.3 Å². The Balaban J connectivity index is 2.56. The Morgan fingerprint density at radius 3 is 2.50 bits per heavy atom. The summed E-state index contributed by atoms with van der Waals surface area (Å²) < 4.78 is 16.4. The maximum absolute atomic E-state index is 7.67. The lowest BCUT2D eigenvalue weighted by Gasteiger charge is -2.00. The van der Waals surface area contributed by atoms with Gasteiger partial charge in [0.1, 0.15) is 4.60 Å². The molecule has 0 aliphatic carbocycles. The topological polar surface area (TPSA) is 25.8 Å². The molecular formula is C10H6Br2N2. The first-order chi connectivity index (χ1) is 7.58. The molecule has 1 aromatic carbocycles. The first-order valence-corrected chi connectivity index (χ1v) is 5.43. The highest BCUT2D eigenvalue weighted by atomic mass is 79.9. The van der Waals surface area contributed by atoms with Crippen LogP contribution in [0.2, 0.25) is 0 Å². The van der Waals surface area contributed by atoms with Gasteiger partial charge in [-0.25, -0.2) is 4.98 Å². The molecule has 0 aliphatic rings. The molecule has 0 spiro atoms. The van der Waals surface area contributed by atoms with Gasteiger partial charge in [0.15, 0.2) is 0 Å². The van der Waals surface area contributed by atoms with E-state index in [2.05, 4.69) is 41.8 Å². The van der Waals surface area contributed by atoms with Crippen molar-refractivity contribution in [1.29, 1.82) is 0 Å². The summed E-state index contributed by atoms with van der Waals surface area (Å²) in [5, 5.41) is 0. The monoisotopic (exact) mass is 314 g/mol. The third-order valence-electron chi connectivity index (χ3n) is 1.64. The normalized spacial score (nSPS) is 12.1. The summed E-state index contributed by atoms with van der Waals surface area (Å²) in [5.41, 5.74) is 1.27. The summed E-state index contributed by atoms with van der Waals surface area (Å²) >= 11 is 6.48. The molecule has 2 aromatic rings. The molecule has 0 saturated carbocycles. The van der Waals surface area contributed by atoms with Crippen LogP contribution in [0.5, 0.6) is 0 Å². The second-order valence-corrected chi connectivity index (χ2v) is 4.26. The molecule has 1 heterocycles. The maximum atomic E-state index is 7.67. The van der Waals surface area contributed by atoms with Crippen LogP contribution in [-0.2, 0) is 0 Å². The van der Waals surface area contributed by atoms with Crippen LogP contribution >= 0.6 is 31.9 Å². The van der Waals surface area contributed by atoms with Gasteiger partial charge in [-0.15, -0.1) is 0 Å². The lowest BCUT2D eigenvalue weighted by Crippen LogP contribution is -1.85. The van der Waals surface area contributed by atoms with E-state index in [1.807, 2.05) is 24.3 Å². The van der Waals surface area contributed by atoms with Crippen molar-refractivity contribution in [3.63, 3.8) is 0 Å². The van der Waals surface area contributed by atoms with Crippen molar-refractivity contribution in [3.8, 4) is 11.3 Å². The van der Waals surface area contributed by atoms with Gasteiger partial charge in [0.2, 0.25) is 0 Å². The average Bonchev–Trinajstić information content (AvgIpc) is 2.25. The first-order valence-electron chi connectivity index (χ1n) is 4.84. The zero-order chi connectivity index (χ0) is 11.7. The second kappa shape index (κ2) is 4.19. The van der Waals surface area contributed by atoms with Crippen LogP contribution in [0.1, 0.15) is 2.74 Å². The summed E-state index contributed by atoms with van der Waals surface area (Å²) in [7, 11) is 0. The van der Waals surface area contributed by atoms with E-state index in [-0.39, 0.29) is 12.3 Å². The fourth-order valence-electron chi connectivity index (χ4n) is 1.01. The summed E-state index contributed by atoms with van der Waals surface area (Å²) in [4.78, 5) is 7.92. The van der Waals surface area contributed by atoms with E-state index in [9.17, 15) is 0 Å². The van der Waals surface area contributed by atoms with Crippen molar-refractivity contribution >= 4 is 31.9 Å². The number of nitrogens with zero attached hydrogens (tertiary/aromatic N) is 2. The molecule has 0 atom stereocenters. The third-order valence-corrected chi connectivity index (χ3v) is 2.52. The van der Waals surface area contributed by atoms with Gasteiger partial charge < -0.3 is 0 Å². The smallest absolute Gasteiger partial charge is 0.125 e. The van der Waals surface area contributed by atoms with Crippen LogP contribution in [0.4, 0.5) is 0 Å². The highest BCUT2D eigenvalue weighted by Crippen LogP contribution is 2.20. The standard InChI is InChI=1S/C10H6Br2N2/c11-8-3-1-7(2-4-8)9-5-13-6-10(12)14-9/h1-6H/i5D,6D. The van der Waals surface area contributed by atoms with E-state index in [1.54, 1.807) is 0 Å². The predicted molar refractivity (Wildman–Crippen MR) is 62.9 cm³/mol. The Morgan fingerprint density at radius 2 is 1.79 bits per heavy atom. The average molecular weight is 316 g/mol. The Bertz CT molecular complexity index is 529. The Morgan fingerprint density at radius 1 is 1.07 bits per heavy atom. The summed E-state index contributed by atoms with van der Waals surface area (Å²) in [5.74, 6) is 0. The zero-order valence-electron chi connectivity index (χ0n) is 8.96. The largest absolute Gasteiger partial charge is 0.260 e. The SMILES string of the molecule is [2H]c1nc([2H])c(-c2ccc(Br)cc2)nc1Br. The molecule has 0 N–H and O–H groups in total. The van der Waals surface area contributed by atoms with Gasteiger partial charge in [-0.05, 0) is 28.1 Å². The molecule has 70 valence electrons. The number of benzene rings is 1. The highest BCUT2D eigenvalue weighted by Gasteiger charge is 1.99. The third kappa shape index (κ3) is 2.19. The molecule has 0 amide bonds. The molecular weight excluding hydrogens is 308 g/mol. The van der Waals surface area contributed by atoms with Gasteiger partial charge in [-0.3, -0.25) is 4.98 Å². The van der Waals surface area contributed by atoms with Crippen molar-refractivity contribution < 1.29 is 2.74 Å². The van der Waals surface area contributed by atoms with Gasteiger partial charge in [0.25, 0.3) is 0 Å².